The fraction of sp³-hybridized carbons (Fsp3) is 0.0556. The number of rotatable bonds is 5. The van der Waals surface area contributed by atoms with E-state index in [1.54, 1.807) is 47.6 Å². The molecule has 0 bridgehead atoms. The Balaban J connectivity index is 1.57. The zero-order valence-electron chi connectivity index (χ0n) is 13.7. The molecule has 0 atom stereocenters. The summed E-state index contributed by atoms with van der Waals surface area (Å²) in [5.74, 6) is -5.87. The molecule has 3 rings (SSSR count). The van der Waals surface area contributed by atoms with Crippen LogP contribution in [0.4, 0.5) is 18.9 Å². The zero-order chi connectivity index (χ0) is 19.4. The fourth-order valence-electron chi connectivity index (χ4n) is 2.28. The third-order valence-corrected chi connectivity index (χ3v) is 3.65. The van der Waals surface area contributed by atoms with Crippen LogP contribution in [0.3, 0.4) is 0 Å². The molecule has 138 valence electrons. The first kappa shape index (κ1) is 18.2. The molecule has 0 saturated heterocycles. The van der Waals surface area contributed by atoms with Gasteiger partial charge >= 0.3 is 0 Å². The van der Waals surface area contributed by atoms with Crippen LogP contribution in [0.1, 0.15) is 10.4 Å². The molecule has 0 radical (unpaired) electrons. The average Bonchev–Trinajstić information content (AvgIpc) is 3.21. The van der Waals surface area contributed by atoms with Gasteiger partial charge in [0.2, 0.25) is 5.91 Å². The minimum absolute atomic E-state index is 0.311. The van der Waals surface area contributed by atoms with Crippen molar-refractivity contribution in [1.82, 2.24) is 14.9 Å². The number of carbonyl (C=O) groups excluding carboxylic acids is 2. The highest BCUT2D eigenvalue weighted by atomic mass is 19.2. The molecule has 0 unspecified atom stereocenters. The maximum atomic E-state index is 13.5. The molecule has 0 spiro atoms. The summed E-state index contributed by atoms with van der Waals surface area (Å²) < 4.78 is 41.3. The van der Waals surface area contributed by atoms with Crippen LogP contribution in [0.25, 0.3) is 5.69 Å². The van der Waals surface area contributed by atoms with Crippen LogP contribution in [-0.2, 0) is 4.79 Å². The van der Waals surface area contributed by atoms with Gasteiger partial charge in [0.1, 0.15) is 0 Å². The highest BCUT2D eigenvalue weighted by Crippen LogP contribution is 2.19. The highest BCUT2D eigenvalue weighted by molar-refractivity contribution is 5.99. The van der Waals surface area contributed by atoms with Crippen molar-refractivity contribution >= 4 is 17.5 Å². The lowest BCUT2D eigenvalue weighted by atomic mass is 10.2. The van der Waals surface area contributed by atoms with Gasteiger partial charge in [0.15, 0.2) is 17.5 Å². The van der Waals surface area contributed by atoms with E-state index in [1.807, 2.05) is 0 Å². The topological polar surface area (TPSA) is 76.0 Å². The Kier molecular flexibility index (Phi) is 5.20. The van der Waals surface area contributed by atoms with Crippen LogP contribution in [0, 0.1) is 17.5 Å². The lowest BCUT2D eigenvalue weighted by molar-refractivity contribution is -0.115. The van der Waals surface area contributed by atoms with Crippen LogP contribution in [0.15, 0.2) is 55.1 Å². The molecule has 1 aromatic heterocycles. The minimum atomic E-state index is -1.69. The van der Waals surface area contributed by atoms with E-state index in [1.165, 1.54) is 0 Å². The predicted octanol–water partition coefficient (Wildman–Crippen LogP) is 2.66. The Bertz CT molecular complexity index is 973. The third kappa shape index (κ3) is 4.14. The van der Waals surface area contributed by atoms with Crippen LogP contribution in [0.2, 0.25) is 0 Å². The van der Waals surface area contributed by atoms with Crippen LogP contribution >= 0.6 is 0 Å². The van der Waals surface area contributed by atoms with E-state index in [0.29, 0.717) is 11.6 Å². The van der Waals surface area contributed by atoms with Crippen molar-refractivity contribution in [2.75, 3.05) is 11.9 Å². The Morgan fingerprint density at radius 2 is 1.74 bits per heavy atom. The molecular weight excluding hydrogens is 361 g/mol. The van der Waals surface area contributed by atoms with Crippen molar-refractivity contribution in [1.29, 1.82) is 0 Å². The molecular formula is C18H13F3N4O2. The van der Waals surface area contributed by atoms with Gasteiger partial charge in [-0.2, -0.15) is 0 Å². The Hall–Kier alpha value is -3.62. The van der Waals surface area contributed by atoms with E-state index in [-0.39, 0.29) is 0 Å². The van der Waals surface area contributed by atoms with E-state index in [0.717, 1.165) is 11.8 Å². The van der Waals surface area contributed by atoms with E-state index < -0.39 is 41.5 Å². The molecule has 2 N–H and O–H groups in total. The second kappa shape index (κ2) is 7.73. The molecule has 0 aliphatic carbocycles. The maximum absolute atomic E-state index is 13.5. The van der Waals surface area contributed by atoms with Gasteiger partial charge in [-0.15, -0.1) is 0 Å². The first-order valence-electron chi connectivity index (χ1n) is 7.75. The van der Waals surface area contributed by atoms with E-state index in [9.17, 15) is 22.8 Å². The molecule has 2 aromatic carbocycles. The van der Waals surface area contributed by atoms with Gasteiger partial charge in [-0.3, -0.25) is 9.59 Å². The second-order valence-corrected chi connectivity index (χ2v) is 5.47. The highest BCUT2D eigenvalue weighted by Gasteiger charge is 2.15. The number of amides is 2. The minimum Gasteiger partial charge on any atom is -0.343 e. The molecule has 0 fully saturated rings. The number of aromatic nitrogens is 2. The molecule has 9 heteroatoms. The summed E-state index contributed by atoms with van der Waals surface area (Å²) in [5.41, 5.74) is 0.596. The van der Waals surface area contributed by atoms with E-state index >= 15 is 0 Å². The van der Waals surface area contributed by atoms with Gasteiger partial charge < -0.3 is 15.2 Å². The number of imidazole rings is 1. The van der Waals surface area contributed by atoms with Crippen LogP contribution in [-0.4, -0.2) is 27.9 Å². The van der Waals surface area contributed by atoms with Crippen molar-refractivity contribution in [2.45, 2.75) is 0 Å². The van der Waals surface area contributed by atoms with E-state index in [4.69, 9.17) is 0 Å². The summed E-state index contributed by atoms with van der Waals surface area (Å²) in [6.07, 6.45) is 4.97. The molecule has 3 aromatic rings. The van der Waals surface area contributed by atoms with Crippen molar-refractivity contribution in [3.8, 4) is 5.69 Å². The standard InChI is InChI=1S/C18H13F3N4O2/c19-13-5-6-14(17(21)16(13)20)24-15(26)9-23-18(27)11-1-3-12(4-2-11)25-8-7-22-10-25/h1-8,10H,9H2,(H,23,27)(H,24,26). The summed E-state index contributed by atoms with van der Waals surface area (Å²) in [7, 11) is 0. The number of halogens is 3. The maximum Gasteiger partial charge on any atom is 0.251 e. The molecule has 27 heavy (non-hydrogen) atoms. The number of carbonyl (C=O) groups is 2. The first-order chi connectivity index (χ1) is 13.0. The van der Waals surface area contributed by atoms with Gasteiger partial charge in [0.25, 0.3) is 5.91 Å². The van der Waals surface area contributed by atoms with Crippen molar-refractivity contribution in [3.05, 3.63) is 78.1 Å². The molecule has 0 saturated carbocycles. The number of nitrogens with zero attached hydrogens (tertiary/aromatic N) is 2. The molecule has 1 heterocycles. The van der Waals surface area contributed by atoms with E-state index in [2.05, 4.69) is 15.6 Å². The normalized spacial score (nSPS) is 10.5. The molecule has 0 aliphatic heterocycles. The van der Waals surface area contributed by atoms with Crippen molar-refractivity contribution < 1.29 is 22.8 Å². The van der Waals surface area contributed by atoms with Crippen molar-refractivity contribution in [3.63, 3.8) is 0 Å². The summed E-state index contributed by atoms with van der Waals surface area (Å²) in [5, 5.41) is 4.43. The largest absolute Gasteiger partial charge is 0.343 e. The van der Waals surface area contributed by atoms with Gasteiger partial charge in [-0.05, 0) is 36.4 Å². The summed E-state index contributed by atoms with van der Waals surface area (Å²) in [6.45, 7) is -0.472. The summed E-state index contributed by atoms with van der Waals surface area (Å²) in [6, 6.07) is 8.12. The lowest BCUT2D eigenvalue weighted by Crippen LogP contribution is -2.33. The Morgan fingerprint density at radius 1 is 1.00 bits per heavy atom. The number of hydrogen-bond donors (Lipinski definition) is 2. The molecule has 0 aliphatic rings. The number of hydrogen-bond acceptors (Lipinski definition) is 3. The second-order valence-electron chi connectivity index (χ2n) is 5.47. The monoisotopic (exact) mass is 374 g/mol. The zero-order valence-corrected chi connectivity index (χ0v) is 13.7. The average molecular weight is 374 g/mol. The quantitative estimate of drug-likeness (QED) is 0.674. The Morgan fingerprint density at radius 3 is 2.41 bits per heavy atom. The Labute approximate surface area is 151 Å². The SMILES string of the molecule is O=C(CNC(=O)c1ccc(-n2ccnc2)cc1)Nc1ccc(F)c(F)c1F. The first-order valence-corrected chi connectivity index (χ1v) is 7.75. The van der Waals surface area contributed by atoms with Crippen molar-refractivity contribution in [2.24, 2.45) is 0 Å². The number of benzene rings is 2. The van der Waals surface area contributed by atoms with Crippen LogP contribution in [0.5, 0.6) is 0 Å². The molecule has 6 nitrogen and oxygen atoms in total. The summed E-state index contributed by atoms with van der Waals surface area (Å²) in [4.78, 5) is 27.8. The summed E-state index contributed by atoms with van der Waals surface area (Å²) >= 11 is 0. The van der Waals surface area contributed by atoms with Crippen LogP contribution < -0.4 is 10.6 Å². The van der Waals surface area contributed by atoms with Gasteiger partial charge in [0.05, 0.1) is 18.6 Å². The fourth-order valence-corrected chi connectivity index (χ4v) is 2.28. The predicted molar refractivity (Wildman–Crippen MR) is 90.8 cm³/mol. The smallest absolute Gasteiger partial charge is 0.251 e. The molecule has 2 amide bonds. The van der Waals surface area contributed by atoms with Gasteiger partial charge in [-0.25, -0.2) is 18.2 Å². The number of nitrogens with one attached hydrogen (secondary N) is 2. The lowest BCUT2D eigenvalue weighted by Gasteiger charge is -2.09. The third-order valence-electron chi connectivity index (χ3n) is 3.65. The number of anilines is 1. The van der Waals surface area contributed by atoms with Gasteiger partial charge in [-0.1, -0.05) is 0 Å². The van der Waals surface area contributed by atoms with Gasteiger partial charge in [0, 0.05) is 23.6 Å².